The maximum absolute atomic E-state index is 13.6. The van der Waals surface area contributed by atoms with E-state index in [4.69, 9.17) is 16.3 Å². The average Bonchev–Trinajstić information content (AvgIpc) is 2.72. The van der Waals surface area contributed by atoms with E-state index in [1.165, 1.54) is 0 Å². The van der Waals surface area contributed by atoms with Crippen molar-refractivity contribution < 1.29 is 18.1 Å². The molecule has 1 saturated heterocycles. The second kappa shape index (κ2) is 7.84. The summed E-state index contributed by atoms with van der Waals surface area (Å²) in [5.74, 6) is 1.19. The molecule has 7 heteroatoms. The second-order valence-electron chi connectivity index (χ2n) is 7.56. The number of H-pyrrole nitrogens is 1. The summed E-state index contributed by atoms with van der Waals surface area (Å²) >= 11 is 5.97. The number of benzene rings is 2. The molecule has 1 fully saturated rings. The smallest absolute Gasteiger partial charge is 0.214 e. The lowest BCUT2D eigenvalue weighted by molar-refractivity contribution is -0.347. The van der Waals surface area contributed by atoms with Gasteiger partial charge in [-0.3, -0.25) is 0 Å². The normalized spacial score (nSPS) is 17.5. The molecule has 0 unspecified atom stereocenters. The number of rotatable bonds is 4. The van der Waals surface area contributed by atoms with E-state index in [2.05, 4.69) is 16.8 Å². The topological polar surface area (TPSA) is 60.8 Å². The maximum Gasteiger partial charge on any atom is 0.214 e. The Balaban J connectivity index is 1.97. The first-order valence-electron chi connectivity index (χ1n) is 9.68. The van der Waals surface area contributed by atoms with Crippen molar-refractivity contribution in [2.75, 3.05) is 25.1 Å². The van der Waals surface area contributed by atoms with Crippen molar-refractivity contribution in [1.29, 1.82) is 0 Å². The fraction of sp³-hybridized carbons (Fsp3) is 0.318. The molecule has 2 heterocycles. The van der Waals surface area contributed by atoms with Crippen LogP contribution < -0.4 is 14.6 Å². The minimum atomic E-state index is -3.74. The van der Waals surface area contributed by atoms with Crippen molar-refractivity contribution in [3.8, 4) is 5.75 Å². The van der Waals surface area contributed by atoms with Gasteiger partial charge in [0, 0.05) is 24.2 Å². The van der Waals surface area contributed by atoms with Gasteiger partial charge < -0.3 is 9.64 Å². The lowest BCUT2D eigenvalue weighted by Crippen LogP contribution is -2.35. The van der Waals surface area contributed by atoms with Crippen molar-refractivity contribution in [2.24, 2.45) is 5.92 Å². The van der Waals surface area contributed by atoms with E-state index in [9.17, 15) is 8.42 Å². The first-order valence-corrected chi connectivity index (χ1v) is 11.5. The molecule has 0 bridgehead atoms. The number of halogens is 1. The van der Waals surface area contributed by atoms with Gasteiger partial charge in [0.25, 0.3) is 0 Å². The number of aromatic nitrogens is 1. The number of aromatic amines is 1. The Morgan fingerprint density at radius 1 is 1.17 bits per heavy atom. The largest absolute Gasteiger partial charge is 0.497 e. The van der Waals surface area contributed by atoms with Crippen LogP contribution in [0.4, 0.5) is 5.69 Å². The summed E-state index contributed by atoms with van der Waals surface area (Å²) in [6.07, 6.45) is 3.79. The molecule has 1 N–H and O–H groups in total. The van der Waals surface area contributed by atoms with E-state index in [0.29, 0.717) is 16.7 Å². The molecule has 0 radical (unpaired) electrons. The zero-order valence-electron chi connectivity index (χ0n) is 16.5. The monoisotopic (exact) mass is 431 g/mol. The predicted octanol–water partition coefficient (Wildman–Crippen LogP) is 4.39. The molecular formula is C22H24ClN2O3S+. The fourth-order valence-corrected chi connectivity index (χ4v) is 5.56. The first-order chi connectivity index (χ1) is 13.9. The van der Waals surface area contributed by atoms with Gasteiger partial charge in [0.1, 0.15) is 5.75 Å². The summed E-state index contributed by atoms with van der Waals surface area (Å²) in [5.41, 5.74) is 1.60. The van der Waals surface area contributed by atoms with Crippen LogP contribution in [-0.2, 0) is 9.84 Å². The highest BCUT2D eigenvalue weighted by Crippen LogP contribution is 2.38. The molecule has 4 rings (SSSR count). The van der Waals surface area contributed by atoms with Crippen LogP contribution in [0.15, 0.2) is 58.5 Å². The summed E-state index contributed by atoms with van der Waals surface area (Å²) in [7, 11) is -2.12. The molecule has 5 nitrogen and oxygen atoms in total. The van der Waals surface area contributed by atoms with E-state index >= 15 is 0 Å². The van der Waals surface area contributed by atoms with E-state index in [0.717, 1.165) is 42.5 Å². The van der Waals surface area contributed by atoms with Gasteiger partial charge in [-0.05, 0) is 55.2 Å². The number of pyridine rings is 1. The third-order valence-electron chi connectivity index (χ3n) is 5.46. The predicted molar refractivity (Wildman–Crippen MR) is 115 cm³/mol. The van der Waals surface area contributed by atoms with Crippen molar-refractivity contribution in [1.82, 2.24) is 0 Å². The van der Waals surface area contributed by atoms with Gasteiger partial charge in [-0.25, -0.2) is 13.4 Å². The summed E-state index contributed by atoms with van der Waals surface area (Å²) in [4.78, 5) is 5.86. The Kier molecular flexibility index (Phi) is 5.40. The second-order valence-corrected chi connectivity index (χ2v) is 9.92. The maximum atomic E-state index is 13.6. The third-order valence-corrected chi connectivity index (χ3v) is 7.50. The van der Waals surface area contributed by atoms with Crippen molar-refractivity contribution in [3.05, 3.63) is 53.7 Å². The van der Waals surface area contributed by atoms with Crippen LogP contribution in [0, 0.1) is 5.92 Å². The molecule has 1 aliphatic rings. The molecule has 29 heavy (non-hydrogen) atoms. The average molecular weight is 432 g/mol. The van der Waals surface area contributed by atoms with E-state index in [1.54, 1.807) is 37.6 Å². The Morgan fingerprint density at radius 3 is 2.62 bits per heavy atom. The van der Waals surface area contributed by atoms with Crippen LogP contribution in [0.1, 0.15) is 19.8 Å². The zero-order chi connectivity index (χ0) is 20.6. The van der Waals surface area contributed by atoms with Gasteiger partial charge >= 0.3 is 0 Å². The molecule has 1 aliphatic heterocycles. The zero-order valence-corrected chi connectivity index (χ0v) is 18.1. The molecule has 0 spiro atoms. The lowest BCUT2D eigenvalue weighted by atomic mass is 9.99. The number of sulfone groups is 1. The molecule has 0 amide bonds. The highest BCUT2D eigenvalue weighted by molar-refractivity contribution is 7.91. The van der Waals surface area contributed by atoms with E-state index in [1.807, 2.05) is 18.2 Å². The van der Waals surface area contributed by atoms with Crippen LogP contribution in [0.3, 0.4) is 0 Å². The quantitative estimate of drug-likeness (QED) is 0.614. The van der Waals surface area contributed by atoms with Gasteiger partial charge in [0.2, 0.25) is 15.4 Å². The first kappa shape index (κ1) is 20.0. The Bertz CT molecular complexity index is 1150. The van der Waals surface area contributed by atoms with Gasteiger partial charge in [-0.15, -0.1) is 0 Å². The molecule has 152 valence electrons. The number of methoxy groups -OCH3 is 1. The number of hydrogen-bond acceptors (Lipinski definition) is 4. The summed E-state index contributed by atoms with van der Waals surface area (Å²) < 4.78 is 32.5. The summed E-state index contributed by atoms with van der Waals surface area (Å²) in [5, 5.41) is 1.34. The van der Waals surface area contributed by atoms with Gasteiger partial charge in [0.15, 0.2) is 11.1 Å². The van der Waals surface area contributed by atoms with Crippen LogP contribution in [0.2, 0.25) is 5.02 Å². The summed E-state index contributed by atoms with van der Waals surface area (Å²) in [6.45, 7) is 3.85. The van der Waals surface area contributed by atoms with Crippen molar-refractivity contribution >= 4 is 38.0 Å². The molecule has 1 aromatic heterocycles. The Hall–Kier alpha value is -2.31. The van der Waals surface area contributed by atoms with Crippen LogP contribution >= 0.6 is 11.6 Å². The highest BCUT2D eigenvalue weighted by atomic mass is 35.5. The number of ether oxygens (including phenoxy) is 1. The molecule has 2 aromatic carbocycles. The summed E-state index contributed by atoms with van der Waals surface area (Å²) in [6, 6.07) is 12.0. The van der Waals surface area contributed by atoms with Gasteiger partial charge in [-0.1, -0.05) is 18.5 Å². The van der Waals surface area contributed by atoms with Crippen LogP contribution in [0.5, 0.6) is 5.75 Å². The Morgan fingerprint density at radius 2 is 1.93 bits per heavy atom. The number of fused-ring (bicyclic) bond motifs is 1. The Labute approximate surface area is 176 Å². The van der Waals surface area contributed by atoms with Crippen molar-refractivity contribution in [3.63, 3.8) is 0 Å². The molecule has 3 aromatic rings. The minimum absolute atomic E-state index is 0.226. The van der Waals surface area contributed by atoms with E-state index in [-0.39, 0.29) is 9.79 Å². The number of hydrogen-bond donors (Lipinski definition) is 0. The number of piperidine rings is 1. The molecule has 1 atom stereocenters. The number of nitrogens with zero attached hydrogens (tertiary/aromatic N) is 1. The van der Waals surface area contributed by atoms with Gasteiger partial charge in [0.05, 0.1) is 23.1 Å². The standard InChI is InChI=1S/C22H23ClN2O3S/c1-15-4-3-11-25(14-15)22-19-12-17(28-2)7-10-20(19)24-13-21(22)29(26,27)18-8-5-16(23)6-9-18/h5-10,12-13,15H,3-4,11,14H2,1-2H3/p+1/t15-/m1/s1. The van der Waals surface area contributed by atoms with E-state index < -0.39 is 9.84 Å². The molecular weight excluding hydrogens is 408 g/mol. The SMILES string of the molecule is COc1ccc2[nH+]cc(S(=O)(=O)c3ccc(Cl)cc3)c(N3CCC[C@@H](C)C3)c2c1. The van der Waals surface area contributed by atoms with Crippen LogP contribution in [0.25, 0.3) is 10.9 Å². The van der Waals surface area contributed by atoms with Gasteiger partial charge in [-0.2, -0.15) is 0 Å². The number of anilines is 1. The minimum Gasteiger partial charge on any atom is -0.497 e. The molecule has 0 aliphatic carbocycles. The molecule has 0 saturated carbocycles. The number of nitrogens with one attached hydrogen (secondary N) is 1. The van der Waals surface area contributed by atoms with Crippen molar-refractivity contribution in [2.45, 2.75) is 29.6 Å². The highest BCUT2D eigenvalue weighted by Gasteiger charge is 2.31. The lowest BCUT2D eigenvalue weighted by Gasteiger charge is -2.34. The van der Waals surface area contributed by atoms with Crippen LogP contribution in [-0.4, -0.2) is 28.6 Å². The fourth-order valence-electron chi connectivity index (χ4n) is 3.98. The third kappa shape index (κ3) is 3.79.